The summed E-state index contributed by atoms with van der Waals surface area (Å²) in [6.07, 6.45) is 1.48. The molecule has 3 aromatic carbocycles. The number of ketones is 1. The lowest BCUT2D eigenvalue weighted by Crippen LogP contribution is -2.08. The fourth-order valence-electron chi connectivity index (χ4n) is 3.47. The first-order valence-corrected chi connectivity index (χ1v) is 9.44. The number of esters is 1. The Hall–Kier alpha value is -4.13. The van der Waals surface area contributed by atoms with Crippen molar-refractivity contribution in [3.8, 4) is 23.0 Å². The van der Waals surface area contributed by atoms with Gasteiger partial charge in [0.05, 0.1) is 11.1 Å². The van der Waals surface area contributed by atoms with Crippen molar-refractivity contribution in [3.63, 3.8) is 0 Å². The van der Waals surface area contributed by atoms with E-state index in [2.05, 4.69) is 0 Å². The molecule has 0 bridgehead atoms. The molecule has 0 saturated heterocycles. The van der Waals surface area contributed by atoms with Gasteiger partial charge in [-0.25, -0.2) is 9.18 Å². The first kappa shape index (κ1) is 18.9. The summed E-state index contributed by atoms with van der Waals surface area (Å²) in [6, 6.07) is 13.7. The largest absolute Gasteiger partial charge is 0.454 e. The number of allylic oxidation sites excluding steroid dienone is 1. The number of aryl methyl sites for hydroxylation is 1. The van der Waals surface area contributed by atoms with Gasteiger partial charge < -0.3 is 18.9 Å². The summed E-state index contributed by atoms with van der Waals surface area (Å²) in [7, 11) is 0. The molecule has 3 aromatic rings. The summed E-state index contributed by atoms with van der Waals surface area (Å²) < 4.78 is 35.1. The lowest BCUT2D eigenvalue weighted by atomic mass is 10.0. The van der Waals surface area contributed by atoms with Crippen LogP contribution >= 0.6 is 0 Å². The molecule has 0 N–H and O–H groups in total. The number of hydrogen-bond acceptors (Lipinski definition) is 6. The van der Waals surface area contributed by atoms with Crippen LogP contribution < -0.4 is 18.9 Å². The average molecular weight is 418 g/mol. The summed E-state index contributed by atoms with van der Waals surface area (Å²) in [5, 5.41) is 0. The molecule has 0 aliphatic carbocycles. The Labute approximate surface area is 176 Å². The summed E-state index contributed by atoms with van der Waals surface area (Å²) in [5.74, 6) is 0.312. The number of hydrogen-bond donors (Lipinski definition) is 0. The van der Waals surface area contributed by atoms with Gasteiger partial charge >= 0.3 is 5.97 Å². The summed E-state index contributed by atoms with van der Waals surface area (Å²) in [5.41, 5.74) is 1.78. The number of fused-ring (bicyclic) bond motifs is 2. The lowest BCUT2D eigenvalue weighted by molar-refractivity contribution is 0.0734. The smallest absolute Gasteiger partial charge is 0.343 e. The lowest BCUT2D eigenvalue weighted by Gasteiger charge is -2.08. The maximum atomic E-state index is 13.4. The second-order valence-electron chi connectivity index (χ2n) is 7.07. The van der Waals surface area contributed by atoms with Gasteiger partial charge in [0.25, 0.3) is 0 Å². The van der Waals surface area contributed by atoms with Crippen molar-refractivity contribution >= 4 is 17.8 Å². The van der Waals surface area contributed by atoms with Crippen LogP contribution in [0.15, 0.2) is 60.4 Å². The van der Waals surface area contributed by atoms with Crippen molar-refractivity contribution < 1.29 is 32.9 Å². The normalized spacial score (nSPS) is 15.0. The van der Waals surface area contributed by atoms with Gasteiger partial charge in [-0.1, -0.05) is 12.1 Å². The van der Waals surface area contributed by atoms with Gasteiger partial charge in [-0.15, -0.1) is 0 Å². The van der Waals surface area contributed by atoms with E-state index in [4.69, 9.17) is 18.9 Å². The standard InChI is InChI=1S/C24H15FO6/c1-13-7-17(30-24(27)15-5-6-18-19(10-15)29-12-28-18)11-20-22(13)23(26)21(31-20)9-14-3-2-4-16(25)8-14/h2-11H,12H2,1H3/b21-9-. The number of carbonyl (C=O) groups is 2. The quantitative estimate of drug-likeness (QED) is 0.349. The highest BCUT2D eigenvalue weighted by Gasteiger charge is 2.30. The van der Waals surface area contributed by atoms with Crippen molar-refractivity contribution in [2.45, 2.75) is 6.92 Å². The molecule has 0 spiro atoms. The monoisotopic (exact) mass is 418 g/mol. The highest BCUT2D eigenvalue weighted by molar-refractivity contribution is 6.15. The second-order valence-corrected chi connectivity index (χ2v) is 7.07. The molecule has 0 amide bonds. The molecule has 2 heterocycles. The maximum absolute atomic E-state index is 13.4. The highest BCUT2D eigenvalue weighted by Crippen LogP contribution is 2.38. The van der Waals surface area contributed by atoms with Gasteiger partial charge in [-0.2, -0.15) is 0 Å². The summed E-state index contributed by atoms with van der Waals surface area (Å²) >= 11 is 0. The number of benzene rings is 3. The molecule has 0 radical (unpaired) electrons. The van der Waals surface area contributed by atoms with Gasteiger partial charge in [0.1, 0.15) is 17.3 Å². The van der Waals surface area contributed by atoms with Crippen molar-refractivity contribution in [2.75, 3.05) is 6.79 Å². The van der Waals surface area contributed by atoms with Crippen molar-refractivity contribution in [1.29, 1.82) is 0 Å². The molecule has 0 aromatic heterocycles. The second kappa shape index (κ2) is 7.28. The number of halogens is 1. The van der Waals surface area contributed by atoms with Crippen LogP contribution in [0.4, 0.5) is 4.39 Å². The van der Waals surface area contributed by atoms with Gasteiger partial charge in [0.15, 0.2) is 17.3 Å². The Morgan fingerprint density at radius 3 is 2.71 bits per heavy atom. The van der Waals surface area contributed by atoms with Crippen LogP contribution in [-0.2, 0) is 0 Å². The molecule has 2 aliphatic heterocycles. The highest BCUT2D eigenvalue weighted by atomic mass is 19.1. The Morgan fingerprint density at radius 2 is 1.87 bits per heavy atom. The van der Waals surface area contributed by atoms with Crippen LogP contribution in [0.2, 0.25) is 0 Å². The minimum atomic E-state index is -0.586. The average Bonchev–Trinajstić information content (AvgIpc) is 3.32. The summed E-state index contributed by atoms with van der Waals surface area (Å²) in [4.78, 5) is 25.3. The van der Waals surface area contributed by atoms with E-state index in [-0.39, 0.29) is 29.8 Å². The maximum Gasteiger partial charge on any atom is 0.343 e. The van der Waals surface area contributed by atoms with Crippen LogP contribution in [-0.4, -0.2) is 18.5 Å². The van der Waals surface area contributed by atoms with E-state index in [0.717, 1.165) is 0 Å². The van der Waals surface area contributed by atoms with Crippen LogP contribution in [0, 0.1) is 12.7 Å². The number of carbonyl (C=O) groups excluding carboxylic acids is 2. The third-order valence-corrected chi connectivity index (χ3v) is 4.91. The number of ether oxygens (including phenoxy) is 4. The van der Waals surface area contributed by atoms with Crippen LogP contribution in [0.3, 0.4) is 0 Å². The molecule has 7 heteroatoms. The molecule has 5 rings (SSSR count). The summed E-state index contributed by atoms with van der Waals surface area (Å²) in [6.45, 7) is 1.83. The van der Waals surface area contributed by atoms with Crippen LogP contribution in [0.1, 0.15) is 31.8 Å². The van der Waals surface area contributed by atoms with Crippen molar-refractivity contribution in [1.82, 2.24) is 0 Å². The molecule has 6 nitrogen and oxygen atoms in total. The van der Waals surface area contributed by atoms with E-state index in [0.29, 0.717) is 33.8 Å². The first-order valence-electron chi connectivity index (χ1n) is 9.44. The van der Waals surface area contributed by atoms with E-state index in [1.807, 2.05) is 0 Å². The molecule has 2 aliphatic rings. The fraction of sp³-hybridized carbons (Fsp3) is 0.0833. The Bertz CT molecular complexity index is 1280. The van der Waals surface area contributed by atoms with Gasteiger partial charge in [-0.3, -0.25) is 4.79 Å². The number of Topliss-reactive ketones (excluding diaryl/α,β-unsaturated/α-hetero) is 1. The molecule has 0 saturated carbocycles. The third-order valence-electron chi connectivity index (χ3n) is 4.91. The van der Waals surface area contributed by atoms with Crippen LogP contribution in [0.25, 0.3) is 6.08 Å². The van der Waals surface area contributed by atoms with E-state index in [1.165, 1.54) is 24.3 Å². The predicted molar refractivity (Wildman–Crippen MR) is 108 cm³/mol. The van der Waals surface area contributed by atoms with Crippen molar-refractivity contribution in [3.05, 3.63) is 88.4 Å². The third kappa shape index (κ3) is 3.50. The molecule has 0 atom stereocenters. The van der Waals surface area contributed by atoms with Gasteiger partial charge in [-0.05, 0) is 60.5 Å². The molecule has 0 fully saturated rings. The van der Waals surface area contributed by atoms with E-state index in [9.17, 15) is 14.0 Å². The Morgan fingerprint density at radius 1 is 1.03 bits per heavy atom. The minimum absolute atomic E-state index is 0.0722. The zero-order valence-corrected chi connectivity index (χ0v) is 16.3. The number of rotatable bonds is 3. The molecular weight excluding hydrogens is 403 g/mol. The molecular formula is C24H15FO6. The minimum Gasteiger partial charge on any atom is -0.454 e. The topological polar surface area (TPSA) is 71.1 Å². The molecule has 31 heavy (non-hydrogen) atoms. The fourth-order valence-corrected chi connectivity index (χ4v) is 3.47. The van der Waals surface area contributed by atoms with Gasteiger partial charge in [0.2, 0.25) is 12.6 Å². The predicted octanol–water partition coefficient (Wildman–Crippen LogP) is 4.70. The Kier molecular flexibility index (Phi) is 4.43. The molecule has 0 unspecified atom stereocenters. The van der Waals surface area contributed by atoms with E-state index >= 15 is 0 Å². The SMILES string of the molecule is Cc1cc(OC(=O)c2ccc3c(c2)OCO3)cc2c1C(=O)/C(=C/c1cccc(F)c1)O2. The Balaban J connectivity index is 1.40. The van der Waals surface area contributed by atoms with E-state index in [1.54, 1.807) is 43.3 Å². The first-order chi connectivity index (χ1) is 15.0. The zero-order chi connectivity index (χ0) is 21.5. The van der Waals surface area contributed by atoms with Gasteiger partial charge in [0, 0.05) is 6.07 Å². The molecule has 154 valence electrons. The van der Waals surface area contributed by atoms with Crippen LogP contribution in [0.5, 0.6) is 23.0 Å². The zero-order valence-electron chi connectivity index (χ0n) is 16.3. The van der Waals surface area contributed by atoms with Crippen molar-refractivity contribution in [2.24, 2.45) is 0 Å². The van der Waals surface area contributed by atoms with E-state index < -0.39 is 11.8 Å².